The predicted molar refractivity (Wildman–Crippen MR) is 98.7 cm³/mol. The summed E-state index contributed by atoms with van der Waals surface area (Å²) in [6.45, 7) is 2.88. The van der Waals surface area contributed by atoms with Gasteiger partial charge in [-0.05, 0) is 49.8 Å². The minimum Gasteiger partial charge on any atom is -0.381 e. The Labute approximate surface area is 158 Å². The van der Waals surface area contributed by atoms with Gasteiger partial charge >= 0.3 is 6.03 Å². The van der Waals surface area contributed by atoms with Gasteiger partial charge in [-0.2, -0.15) is 0 Å². The lowest BCUT2D eigenvalue weighted by Gasteiger charge is -2.37. The van der Waals surface area contributed by atoms with Crippen LogP contribution >= 0.6 is 0 Å². The van der Waals surface area contributed by atoms with Crippen molar-refractivity contribution in [3.63, 3.8) is 0 Å². The van der Waals surface area contributed by atoms with Gasteiger partial charge in [0.25, 0.3) is 0 Å². The maximum Gasteiger partial charge on any atom is 0.321 e. The molecule has 0 radical (unpaired) electrons. The van der Waals surface area contributed by atoms with E-state index in [9.17, 15) is 14.0 Å². The maximum atomic E-state index is 13.4. The average molecular weight is 375 g/mol. The molecule has 1 spiro atoms. The van der Waals surface area contributed by atoms with Crippen molar-refractivity contribution in [3.8, 4) is 0 Å². The molecule has 7 heteroatoms. The molecule has 3 aliphatic rings. The molecule has 1 aromatic rings. The standard InChI is InChI=1S/C20H26FN3O3/c21-15-2-1-3-16(10-15)23-19(26)24-12-17(18(25)22-11-14-4-5-14)20(13-24)6-8-27-9-7-20/h1-3,10,14,17H,4-9,11-13H2,(H,22,25)(H,23,26)/t17-/m0/s1. The highest BCUT2D eigenvalue weighted by Crippen LogP contribution is 2.44. The summed E-state index contributed by atoms with van der Waals surface area (Å²) >= 11 is 0. The third-order valence-electron chi connectivity index (χ3n) is 6.08. The van der Waals surface area contributed by atoms with Crippen LogP contribution in [0, 0.1) is 23.1 Å². The zero-order chi connectivity index (χ0) is 18.9. The number of ether oxygens (including phenoxy) is 1. The first-order valence-corrected chi connectivity index (χ1v) is 9.73. The molecule has 0 bridgehead atoms. The zero-order valence-corrected chi connectivity index (χ0v) is 15.4. The van der Waals surface area contributed by atoms with E-state index in [-0.39, 0.29) is 23.3 Å². The van der Waals surface area contributed by atoms with E-state index in [0.717, 1.165) is 19.4 Å². The second-order valence-electron chi connectivity index (χ2n) is 8.04. The molecule has 0 unspecified atom stereocenters. The summed E-state index contributed by atoms with van der Waals surface area (Å²) in [4.78, 5) is 27.3. The summed E-state index contributed by atoms with van der Waals surface area (Å²) in [5.74, 6) is 0.0455. The summed E-state index contributed by atoms with van der Waals surface area (Å²) in [6, 6.07) is 5.55. The van der Waals surface area contributed by atoms with Crippen LogP contribution in [0.2, 0.25) is 0 Å². The van der Waals surface area contributed by atoms with Crippen molar-refractivity contribution < 1.29 is 18.7 Å². The number of benzene rings is 1. The fourth-order valence-electron chi connectivity index (χ4n) is 4.23. The van der Waals surface area contributed by atoms with Gasteiger partial charge in [-0.3, -0.25) is 4.79 Å². The number of rotatable bonds is 4. The lowest BCUT2D eigenvalue weighted by atomic mass is 9.72. The Morgan fingerprint density at radius 3 is 2.74 bits per heavy atom. The van der Waals surface area contributed by atoms with Crippen molar-refractivity contribution in [2.45, 2.75) is 25.7 Å². The van der Waals surface area contributed by atoms with Gasteiger partial charge < -0.3 is 20.3 Å². The zero-order valence-electron chi connectivity index (χ0n) is 15.4. The molecule has 146 valence electrons. The summed E-state index contributed by atoms with van der Waals surface area (Å²) in [5.41, 5.74) is 0.188. The number of hydrogen-bond acceptors (Lipinski definition) is 3. The Kier molecular flexibility index (Phi) is 5.04. The summed E-state index contributed by atoms with van der Waals surface area (Å²) in [5, 5.41) is 5.84. The second-order valence-corrected chi connectivity index (χ2v) is 8.04. The number of carbonyl (C=O) groups excluding carboxylic acids is 2. The molecular formula is C20H26FN3O3. The minimum atomic E-state index is -0.396. The van der Waals surface area contributed by atoms with Crippen molar-refractivity contribution in [1.82, 2.24) is 10.2 Å². The van der Waals surface area contributed by atoms with Crippen molar-refractivity contribution in [1.29, 1.82) is 0 Å². The maximum absolute atomic E-state index is 13.4. The molecule has 1 aliphatic carbocycles. The van der Waals surface area contributed by atoms with Gasteiger partial charge in [0.2, 0.25) is 5.91 Å². The Morgan fingerprint density at radius 1 is 1.26 bits per heavy atom. The Hall–Kier alpha value is -2.15. The van der Waals surface area contributed by atoms with Gasteiger partial charge in [0.15, 0.2) is 0 Å². The predicted octanol–water partition coefficient (Wildman–Crippen LogP) is 2.61. The molecular weight excluding hydrogens is 349 g/mol. The highest BCUT2D eigenvalue weighted by atomic mass is 19.1. The van der Waals surface area contributed by atoms with Gasteiger partial charge in [-0.1, -0.05) is 6.07 Å². The van der Waals surface area contributed by atoms with Crippen LogP contribution in [0.4, 0.5) is 14.9 Å². The van der Waals surface area contributed by atoms with Gasteiger partial charge in [0.1, 0.15) is 5.82 Å². The number of likely N-dealkylation sites (tertiary alicyclic amines) is 1. The molecule has 2 saturated heterocycles. The third kappa shape index (κ3) is 4.08. The Morgan fingerprint density at radius 2 is 2.04 bits per heavy atom. The summed E-state index contributed by atoms with van der Waals surface area (Å²) in [6.07, 6.45) is 3.93. The molecule has 0 aromatic heterocycles. The Balaban J connectivity index is 1.45. The lowest BCUT2D eigenvalue weighted by Crippen LogP contribution is -2.44. The van der Waals surface area contributed by atoms with Crippen LogP contribution < -0.4 is 10.6 Å². The van der Waals surface area contributed by atoms with E-state index in [1.165, 1.54) is 25.0 Å². The molecule has 6 nitrogen and oxygen atoms in total. The fourth-order valence-corrected chi connectivity index (χ4v) is 4.23. The summed E-state index contributed by atoms with van der Waals surface area (Å²) in [7, 11) is 0. The second kappa shape index (κ2) is 7.46. The monoisotopic (exact) mass is 375 g/mol. The number of carbonyl (C=O) groups is 2. The van der Waals surface area contributed by atoms with Crippen molar-refractivity contribution >= 4 is 17.6 Å². The largest absolute Gasteiger partial charge is 0.381 e. The topological polar surface area (TPSA) is 70.7 Å². The van der Waals surface area contributed by atoms with E-state index in [1.807, 2.05) is 0 Å². The third-order valence-corrected chi connectivity index (χ3v) is 6.08. The lowest BCUT2D eigenvalue weighted by molar-refractivity contribution is -0.129. The van der Waals surface area contributed by atoms with E-state index in [0.29, 0.717) is 37.9 Å². The summed E-state index contributed by atoms with van der Waals surface area (Å²) < 4.78 is 18.9. The highest BCUT2D eigenvalue weighted by Gasteiger charge is 2.51. The number of hydrogen-bond donors (Lipinski definition) is 2. The first kappa shape index (κ1) is 18.2. The SMILES string of the molecule is O=C(NCC1CC1)[C@@H]1CN(C(=O)Nc2cccc(F)c2)CC12CCOCC2. The van der Waals surface area contributed by atoms with E-state index in [1.54, 1.807) is 17.0 Å². The number of anilines is 1. The van der Waals surface area contributed by atoms with Crippen LogP contribution in [0.25, 0.3) is 0 Å². The van der Waals surface area contributed by atoms with Gasteiger partial charge in [0.05, 0.1) is 5.92 Å². The number of urea groups is 1. The van der Waals surface area contributed by atoms with Crippen LogP contribution in [-0.2, 0) is 9.53 Å². The van der Waals surface area contributed by atoms with Crippen molar-refractivity contribution in [2.75, 3.05) is 38.2 Å². The Bertz CT molecular complexity index is 716. The van der Waals surface area contributed by atoms with Gasteiger partial charge in [-0.25, -0.2) is 9.18 Å². The van der Waals surface area contributed by atoms with Gasteiger partial charge in [0, 0.05) is 44.0 Å². The molecule has 2 N–H and O–H groups in total. The van der Waals surface area contributed by atoms with Crippen molar-refractivity contribution in [3.05, 3.63) is 30.1 Å². The first-order chi connectivity index (χ1) is 13.1. The van der Waals surface area contributed by atoms with Gasteiger partial charge in [-0.15, -0.1) is 0 Å². The molecule has 1 saturated carbocycles. The number of nitrogens with one attached hydrogen (secondary N) is 2. The van der Waals surface area contributed by atoms with E-state index in [2.05, 4.69) is 10.6 Å². The first-order valence-electron chi connectivity index (χ1n) is 9.73. The van der Waals surface area contributed by atoms with E-state index in [4.69, 9.17) is 4.74 Å². The molecule has 1 aromatic carbocycles. The average Bonchev–Trinajstić information content (AvgIpc) is 3.42. The number of nitrogens with zero attached hydrogens (tertiary/aromatic N) is 1. The van der Waals surface area contributed by atoms with Crippen LogP contribution in [0.15, 0.2) is 24.3 Å². The van der Waals surface area contributed by atoms with E-state index >= 15 is 0 Å². The fraction of sp³-hybridized carbons (Fsp3) is 0.600. The van der Waals surface area contributed by atoms with E-state index < -0.39 is 5.82 Å². The van der Waals surface area contributed by atoms with Crippen LogP contribution in [-0.4, -0.2) is 49.7 Å². The van der Waals surface area contributed by atoms with Crippen molar-refractivity contribution in [2.24, 2.45) is 17.3 Å². The quantitative estimate of drug-likeness (QED) is 0.850. The normalized spacial score (nSPS) is 24.0. The number of amides is 3. The molecule has 3 amide bonds. The molecule has 27 heavy (non-hydrogen) atoms. The number of halogens is 1. The highest BCUT2D eigenvalue weighted by molar-refractivity contribution is 5.90. The molecule has 2 aliphatic heterocycles. The molecule has 4 rings (SSSR count). The smallest absolute Gasteiger partial charge is 0.321 e. The molecule has 3 fully saturated rings. The minimum absolute atomic E-state index is 0.0462. The molecule has 1 atom stereocenters. The van der Waals surface area contributed by atoms with Crippen LogP contribution in [0.3, 0.4) is 0 Å². The van der Waals surface area contributed by atoms with Crippen LogP contribution in [0.1, 0.15) is 25.7 Å². The molecule has 2 heterocycles. The van der Waals surface area contributed by atoms with Crippen LogP contribution in [0.5, 0.6) is 0 Å².